The molecule has 8 nitrogen and oxygen atoms in total. The average molecular weight is 349 g/mol. The third-order valence-electron chi connectivity index (χ3n) is 4.02. The van der Waals surface area contributed by atoms with Crippen molar-refractivity contribution < 1.29 is 18.9 Å². The van der Waals surface area contributed by atoms with Crippen LogP contribution in [0, 0.1) is 24.0 Å². The number of furan rings is 1. The summed E-state index contributed by atoms with van der Waals surface area (Å²) in [6.45, 7) is 5.11. The molecule has 24 heavy (non-hydrogen) atoms. The van der Waals surface area contributed by atoms with E-state index in [9.17, 15) is 19.7 Å². The third kappa shape index (κ3) is 2.46. The van der Waals surface area contributed by atoms with Crippen molar-refractivity contribution in [2.24, 2.45) is 0 Å². The quantitative estimate of drug-likeness (QED) is 0.519. The summed E-state index contributed by atoms with van der Waals surface area (Å²) < 4.78 is 5.46. The molecule has 0 spiro atoms. The van der Waals surface area contributed by atoms with Gasteiger partial charge in [-0.3, -0.25) is 19.8 Å². The molecule has 0 aliphatic carbocycles. The number of amides is 3. The summed E-state index contributed by atoms with van der Waals surface area (Å²) in [7, 11) is 0. The highest BCUT2D eigenvalue weighted by Gasteiger charge is 2.50. The molecule has 1 aliphatic heterocycles. The molecule has 0 saturated carbocycles. The van der Waals surface area contributed by atoms with Crippen molar-refractivity contribution in [3.8, 4) is 0 Å². The first-order valence-electron chi connectivity index (χ1n) is 7.16. The second-order valence-electron chi connectivity index (χ2n) is 5.82. The number of nitrogens with one attached hydrogen (secondary N) is 1. The van der Waals surface area contributed by atoms with E-state index >= 15 is 0 Å². The van der Waals surface area contributed by atoms with Gasteiger partial charge >= 0.3 is 11.0 Å². The summed E-state index contributed by atoms with van der Waals surface area (Å²) >= 11 is 0.962. The van der Waals surface area contributed by atoms with Crippen LogP contribution in [0.4, 0.5) is 9.80 Å². The molecule has 0 bridgehead atoms. The smallest absolute Gasteiger partial charge is 0.325 e. The van der Waals surface area contributed by atoms with Crippen molar-refractivity contribution in [2.45, 2.75) is 32.9 Å². The molecule has 1 atom stereocenters. The molecule has 0 aromatic carbocycles. The van der Waals surface area contributed by atoms with Crippen molar-refractivity contribution in [1.29, 1.82) is 0 Å². The van der Waals surface area contributed by atoms with E-state index < -0.39 is 22.4 Å². The van der Waals surface area contributed by atoms with Gasteiger partial charge in [-0.05, 0) is 32.4 Å². The summed E-state index contributed by atoms with van der Waals surface area (Å²) in [5, 5.41) is 15.0. The van der Waals surface area contributed by atoms with Gasteiger partial charge in [0.05, 0.1) is 11.5 Å². The Hall–Kier alpha value is -2.68. The summed E-state index contributed by atoms with van der Waals surface area (Å²) in [6.07, 6.45) is 0. The van der Waals surface area contributed by atoms with E-state index in [-0.39, 0.29) is 11.5 Å². The molecule has 3 heterocycles. The van der Waals surface area contributed by atoms with Crippen molar-refractivity contribution in [1.82, 2.24) is 10.2 Å². The van der Waals surface area contributed by atoms with Gasteiger partial charge in [0.1, 0.15) is 17.1 Å². The fourth-order valence-corrected chi connectivity index (χ4v) is 3.59. The van der Waals surface area contributed by atoms with Gasteiger partial charge in [0.25, 0.3) is 5.91 Å². The average Bonchev–Trinajstić information content (AvgIpc) is 3.14. The van der Waals surface area contributed by atoms with E-state index in [0.29, 0.717) is 22.6 Å². The lowest BCUT2D eigenvalue weighted by molar-refractivity contribution is -0.380. The van der Waals surface area contributed by atoms with Gasteiger partial charge in [-0.1, -0.05) is 11.3 Å². The highest BCUT2D eigenvalue weighted by atomic mass is 32.1. The lowest BCUT2D eigenvalue weighted by Crippen LogP contribution is -2.41. The number of carbonyl (C=O) groups is 2. The predicted molar refractivity (Wildman–Crippen MR) is 85.6 cm³/mol. The van der Waals surface area contributed by atoms with Crippen LogP contribution in [0.15, 0.2) is 21.9 Å². The summed E-state index contributed by atoms with van der Waals surface area (Å²) in [5.74, 6) is 0.805. The predicted octanol–water partition coefficient (Wildman–Crippen LogP) is 2.83. The maximum absolute atomic E-state index is 12.8. The Kier molecular flexibility index (Phi) is 3.67. The van der Waals surface area contributed by atoms with Crippen LogP contribution >= 0.6 is 11.3 Å². The van der Waals surface area contributed by atoms with Gasteiger partial charge in [0.15, 0.2) is 0 Å². The summed E-state index contributed by atoms with van der Waals surface area (Å²) in [6, 6.07) is 2.57. The zero-order valence-corrected chi connectivity index (χ0v) is 14.1. The molecule has 3 amide bonds. The monoisotopic (exact) mass is 349 g/mol. The first-order chi connectivity index (χ1) is 11.2. The van der Waals surface area contributed by atoms with E-state index in [1.165, 1.54) is 6.07 Å². The minimum atomic E-state index is -1.21. The number of rotatable bonds is 4. The highest BCUT2D eigenvalue weighted by Crippen LogP contribution is 2.34. The Morgan fingerprint density at radius 3 is 2.62 bits per heavy atom. The molecule has 1 fully saturated rings. The fourth-order valence-electron chi connectivity index (χ4n) is 2.87. The molecule has 1 saturated heterocycles. The second kappa shape index (κ2) is 5.45. The lowest BCUT2D eigenvalue weighted by Gasteiger charge is -2.21. The Bertz CT molecular complexity index is 855. The van der Waals surface area contributed by atoms with E-state index in [4.69, 9.17) is 4.42 Å². The van der Waals surface area contributed by atoms with Crippen molar-refractivity contribution in [3.05, 3.63) is 50.3 Å². The van der Waals surface area contributed by atoms with Crippen LogP contribution in [-0.4, -0.2) is 21.8 Å². The molecule has 0 unspecified atom stereocenters. The van der Waals surface area contributed by atoms with E-state index in [1.54, 1.807) is 32.2 Å². The number of thiophene rings is 1. The maximum atomic E-state index is 12.8. The number of hydrogen-bond donors (Lipinski definition) is 1. The van der Waals surface area contributed by atoms with Crippen LogP contribution in [0.2, 0.25) is 0 Å². The van der Waals surface area contributed by atoms with Crippen LogP contribution in [-0.2, 0) is 16.9 Å². The molecule has 2 aromatic heterocycles. The summed E-state index contributed by atoms with van der Waals surface area (Å²) in [5.41, 5.74) is -0.0577. The van der Waals surface area contributed by atoms with E-state index in [1.807, 2.05) is 0 Å². The van der Waals surface area contributed by atoms with Gasteiger partial charge in [-0.15, -0.1) is 0 Å². The first-order valence-corrected chi connectivity index (χ1v) is 8.04. The van der Waals surface area contributed by atoms with Gasteiger partial charge in [0, 0.05) is 17.0 Å². The molecule has 1 N–H and O–H groups in total. The third-order valence-corrected chi connectivity index (χ3v) is 4.94. The number of aryl methyl sites for hydroxylation is 2. The van der Waals surface area contributed by atoms with E-state index in [0.717, 1.165) is 16.2 Å². The Labute approximate surface area is 141 Å². The molecule has 0 radical (unpaired) electrons. The van der Waals surface area contributed by atoms with Crippen LogP contribution in [0.3, 0.4) is 0 Å². The Balaban J connectivity index is 1.88. The zero-order chi connectivity index (χ0) is 17.6. The number of carbonyl (C=O) groups excluding carboxylic acids is 2. The molecule has 9 heteroatoms. The number of nitrogens with zero attached hydrogens (tertiary/aromatic N) is 2. The topological polar surface area (TPSA) is 106 Å². The van der Waals surface area contributed by atoms with Crippen molar-refractivity contribution in [3.63, 3.8) is 0 Å². The Morgan fingerprint density at radius 1 is 1.38 bits per heavy atom. The number of hydrogen-bond acceptors (Lipinski definition) is 6. The van der Waals surface area contributed by atoms with Crippen molar-refractivity contribution in [2.75, 3.05) is 0 Å². The maximum Gasteiger partial charge on any atom is 0.325 e. The van der Waals surface area contributed by atoms with Gasteiger partial charge in [-0.25, -0.2) is 4.79 Å². The van der Waals surface area contributed by atoms with E-state index in [2.05, 4.69) is 5.32 Å². The van der Waals surface area contributed by atoms with Gasteiger partial charge in [-0.2, -0.15) is 0 Å². The minimum Gasteiger partial charge on any atom is -0.466 e. The molecule has 3 rings (SSSR count). The minimum absolute atomic E-state index is 0.0134. The van der Waals surface area contributed by atoms with Gasteiger partial charge < -0.3 is 9.73 Å². The van der Waals surface area contributed by atoms with Gasteiger partial charge in [0.2, 0.25) is 0 Å². The lowest BCUT2D eigenvalue weighted by atomic mass is 9.92. The number of imide groups is 1. The number of urea groups is 1. The van der Waals surface area contributed by atoms with Crippen LogP contribution in [0.5, 0.6) is 0 Å². The highest BCUT2D eigenvalue weighted by molar-refractivity contribution is 7.13. The standard InChI is InChI=1S/C15H15N3O5S/c1-8-4-11(9(2)23-8)15(3)13(19)17(14(20)16-15)6-10-5-12(18(21)22)24-7-10/h4-5,7H,6H2,1-3H3,(H,16,20)/t15-/m1/s1. The zero-order valence-electron chi connectivity index (χ0n) is 13.3. The molecule has 126 valence electrons. The Morgan fingerprint density at radius 2 is 2.08 bits per heavy atom. The molecule has 1 aliphatic rings. The SMILES string of the molecule is Cc1cc([C@@]2(C)NC(=O)N(Cc3csc([N+](=O)[O-])c3)C2=O)c(C)o1. The normalized spacial score (nSPS) is 20.5. The second-order valence-corrected chi connectivity index (χ2v) is 6.71. The molecular weight excluding hydrogens is 334 g/mol. The largest absolute Gasteiger partial charge is 0.466 e. The van der Waals surface area contributed by atoms with Crippen molar-refractivity contribution >= 4 is 28.3 Å². The number of nitro groups is 1. The first kappa shape index (κ1) is 16.2. The summed E-state index contributed by atoms with van der Waals surface area (Å²) in [4.78, 5) is 36.4. The van der Waals surface area contributed by atoms with Crippen LogP contribution in [0.1, 0.15) is 29.6 Å². The molecular formula is C15H15N3O5S. The molecule has 2 aromatic rings. The van der Waals surface area contributed by atoms with Crippen LogP contribution < -0.4 is 5.32 Å². The van der Waals surface area contributed by atoms with Crippen LogP contribution in [0.25, 0.3) is 0 Å². The fraction of sp³-hybridized carbons (Fsp3) is 0.333.